The number of piperidine rings is 1. The van der Waals surface area contributed by atoms with Crippen LogP contribution in [0.15, 0.2) is 47.4 Å². The van der Waals surface area contributed by atoms with Crippen molar-refractivity contribution in [3.8, 4) is 0 Å². The Kier molecular flexibility index (Phi) is 7.45. The van der Waals surface area contributed by atoms with Crippen LogP contribution in [0.1, 0.15) is 23.2 Å². The van der Waals surface area contributed by atoms with Gasteiger partial charge < -0.3 is 5.32 Å². The number of sulfonamides is 1. The number of nitrogens with zero attached hydrogens (tertiary/aromatic N) is 1. The van der Waals surface area contributed by atoms with Crippen LogP contribution < -0.4 is 10.0 Å². The quantitative estimate of drug-likeness (QED) is 0.639. The lowest BCUT2D eigenvalue weighted by Gasteiger charge is -2.32. The summed E-state index contributed by atoms with van der Waals surface area (Å²) in [5.41, 5.74) is 0.150. The van der Waals surface area contributed by atoms with E-state index in [4.69, 9.17) is 11.6 Å². The van der Waals surface area contributed by atoms with E-state index >= 15 is 0 Å². The van der Waals surface area contributed by atoms with Gasteiger partial charge in [-0.1, -0.05) is 11.6 Å². The van der Waals surface area contributed by atoms with Gasteiger partial charge >= 0.3 is 0 Å². The molecule has 1 saturated heterocycles. The van der Waals surface area contributed by atoms with Crippen molar-refractivity contribution in [3.05, 3.63) is 58.9 Å². The zero-order chi connectivity index (χ0) is 22.6. The lowest BCUT2D eigenvalue weighted by molar-refractivity contribution is 0.0696. The third-order valence-corrected chi connectivity index (χ3v) is 6.62. The second-order valence-corrected chi connectivity index (χ2v) is 9.28. The van der Waals surface area contributed by atoms with E-state index in [9.17, 15) is 26.4 Å². The molecule has 2 N–H and O–H groups in total. The average Bonchev–Trinajstić information content (AvgIpc) is 2.71. The number of amides is 1. The van der Waals surface area contributed by atoms with Gasteiger partial charge in [-0.15, -0.1) is 0 Å². The number of anilines is 1. The molecular weight excluding hydrogens is 455 g/mol. The Labute approximate surface area is 183 Å². The Balaban J connectivity index is 1.69. The molecule has 0 spiro atoms. The predicted molar refractivity (Wildman–Crippen MR) is 112 cm³/mol. The molecule has 1 aliphatic rings. The summed E-state index contributed by atoms with van der Waals surface area (Å²) in [5.74, 6) is -1.05. The lowest BCUT2D eigenvalue weighted by Crippen LogP contribution is -2.45. The summed E-state index contributed by atoms with van der Waals surface area (Å²) in [4.78, 5) is 14.1. The molecule has 11 heteroatoms. The molecule has 1 heterocycles. The Morgan fingerprint density at radius 1 is 1.13 bits per heavy atom. The number of halogens is 4. The van der Waals surface area contributed by atoms with Gasteiger partial charge in [-0.05, 0) is 55.3 Å². The number of nitrogens with one attached hydrogen (secondary N) is 2. The highest BCUT2D eigenvalue weighted by molar-refractivity contribution is 7.92. The zero-order valence-corrected chi connectivity index (χ0v) is 17.9. The van der Waals surface area contributed by atoms with Gasteiger partial charge in [0.2, 0.25) is 0 Å². The maximum Gasteiger partial charge on any atom is 0.261 e. The van der Waals surface area contributed by atoms with E-state index in [1.165, 1.54) is 24.3 Å². The van der Waals surface area contributed by atoms with Gasteiger partial charge in [-0.3, -0.25) is 14.4 Å². The van der Waals surface area contributed by atoms with Crippen molar-refractivity contribution in [3.63, 3.8) is 0 Å². The summed E-state index contributed by atoms with van der Waals surface area (Å²) in [6, 6.07) is 8.28. The second-order valence-electron chi connectivity index (χ2n) is 7.19. The first-order chi connectivity index (χ1) is 14.6. The van der Waals surface area contributed by atoms with Gasteiger partial charge in [-0.25, -0.2) is 21.6 Å². The van der Waals surface area contributed by atoms with E-state index in [2.05, 4.69) is 10.0 Å². The Morgan fingerprint density at radius 2 is 1.77 bits per heavy atom. The van der Waals surface area contributed by atoms with E-state index < -0.39 is 28.2 Å². The molecule has 3 rings (SSSR count). The van der Waals surface area contributed by atoms with Crippen LogP contribution in [0.3, 0.4) is 0 Å². The number of hydrogen-bond donors (Lipinski definition) is 2. The maximum atomic E-state index is 13.0. The molecular formula is C20H21ClF3N3O3S. The van der Waals surface area contributed by atoms with Gasteiger partial charge in [0, 0.05) is 24.8 Å². The first-order valence-corrected chi connectivity index (χ1v) is 11.4. The monoisotopic (exact) mass is 475 g/mol. The SMILES string of the molecule is O=C(NC1CCN(CC(F)F)CC1)c1cc(S(=O)(=O)Nc2ccc(F)cc2)ccc1Cl. The summed E-state index contributed by atoms with van der Waals surface area (Å²) in [6.45, 7) is 0.561. The predicted octanol–water partition coefficient (Wildman–Crippen LogP) is 3.74. The molecule has 0 aliphatic carbocycles. The highest BCUT2D eigenvalue weighted by Gasteiger charge is 2.25. The fourth-order valence-corrected chi connectivity index (χ4v) is 4.58. The Hall–Kier alpha value is -2.30. The van der Waals surface area contributed by atoms with Crippen LogP contribution in [0.5, 0.6) is 0 Å². The summed E-state index contributed by atoms with van der Waals surface area (Å²) >= 11 is 6.11. The van der Waals surface area contributed by atoms with Crippen molar-refractivity contribution < 1.29 is 26.4 Å². The van der Waals surface area contributed by atoms with Gasteiger partial charge in [0.1, 0.15) is 5.82 Å². The smallest absolute Gasteiger partial charge is 0.261 e. The molecule has 1 aliphatic heterocycles. The van der Waals surface area contributed by atoms with Crippen molar-refractivity contribution >= 4 is 33.2 Å². The fourth-order valence-electron chi connectivity index (χ4n) is 3.30. The third-order valence-electron chi connectivity index (χ3n) is 4.91. The lowest BCUT2D eigenvalue weighted by atomic mass is 10.0. The molecule has 0 atom stereocenters. The molecule has 0 bridgehead atoms. The van der Waals surface area contributed by atoms with Crippen LogP contribution in [0.25, 0.3) is 0 Å². The molecule has 0 aromatic heterocycles. The molecule has 2 aromatic carbocycles. The largest absolute Gasteiger partial charge is 0.349 e. The number of carbonyl (C=O) groups is 1. The van der Waals surface area contributed by atoms with Crippen LogP contribution >= 0.6 is 11.6 Å². The number of hydrogen-bond acceptors (Lipinski definition) is 4. The first kappa shape index (κ1) is 23.4. The minimum absolute atomic E-state index is 0.0151. The standard InChI is InChI=1S/C20H21ClF3N3O3S/c21-18-6-5-16(31(29,30)26-15-3-1-13(22)2-4-15)11-17(18)20(28)25-14-7-9-27(10-8-14)12-19(23)24/h1-6,11,14,19,26H,7-10,12H2,(H,25,28). The number of alkyl halides is 2. The molecule has 31 heavy (non-hydrogen) atoms. The average molecular weight is 476 g/mol. The Bertz CT molecular complexity index is 1030. The molecule has 1 fully saturated rings. The molecule has 0 unspecified atom stereocenters. The normalized spacial score (nSPS) is 15.8. The summed E-state index contributed by atoms with van der Waals surface area (Å²) in [7, 11) is -4.04. The van der Waals surface area contributed by atoms with Crippen LogP contribution in [0, 0.1) is 5.82 Å². The van der Waals surface area contributed by atoms with E-state index in [-0.39, 0.29) is 33.8 Å². The third kappa shape index (κ3) is 6.34. The van der Waals surface area contributed by atoms with Gasteiger partial charge in [-0.2, -0.15) is 0 Å². The van der Waals surface area contributed by atoms with Crippen LogP contribution in [0.2, 0.25) is 5.02 Å². The summed E-state index contributed by atoms with van der Waals surface area (Å²) in [5, 5.41) is 2.87. The van der Waals surface area contributed by atoms with Crippen LogP contribution in [-0.2, 0) is 10.0 Å². The molecule has 168 valence electrons. The van der Waals surface area contributed by atoms with E-state index in [0.29, 0.717) is 25.9 Å². The molecule has 1 amide bonds. The number of carbonyl (C=O) groups excluding carboxylic acids is 1. The minimum atomic E-state index is -4.04. The van der Waals surface area contributed by atoms with Crippen LogP contribution in [0.4, 0.5) is 18.9 Å². The first-order valence-electron chi connectivity index (χ1n) is 9.53. The highest BCUT2D eigenvalue weighted by atomic mass is 35.5. The van der Waals surface area contributed by atoms with Crippen molar-refractivity contribution in [1.29, 1.82) is 0 Å². The number of rotatable bonds is 7. The molecule has 2 aromatic rings. The maximum absolute atomic E-state index is 13.0. The minimum Gasteiger partial charge on any atom is -0.349 e. The van der Waals surface area contributed by atoms with Crippen molar-refractivity contribution in [2.24, 2.45) is 0 Å². The second kappa shape index (κ2) is 9.88. The zero-order valence-electron chi connectivity index (χ0n) is 16.3. The fraction of sp³-hybridized carbons (Fsp3) is 0.350. The molecule has 0 radical (unpaired) electrons. The summed E-state index contributed by atoms with van der Waals surface area (Å²) in [6.07, 6.45) is -1.40. The number of likely N-dealkylation sites (tertiary alicyclic amines) is 1. The number of benzene rings is 2. The van der Waals surface area contributed by atoms with Crippen LogP contribution in [-0.4, -0.2) is 51.3 Å². The van der Waals surface area contributed by atoms with Crippen molar-refractivity contribution in [2.75, 3.05) is 24.4 Å². The highest BCUT2D eigenvalue weighted by Crippen LogP contribution is 2.23. The van der Waals surface area contributed by atoms with Crippen molar-refractivity contribution in [1.82, 2.24) is 10.2 Å². The Morgan fingerprint density at radius 3 is 2.39 bits per heavy atom. The van der Waals surface area contributed by atoms with E-state index in [1.54, 1.807) is 4.90 Å². The van der Waals surface area contributed by atoms with E-state index in [0.717, 1.165) is 18.2 Å². The summed E-state index contributed by atoms with van der Waals surface area (Å²) < 4.78 is 65.6. The van der Waals surface area contributed by atoms with Gasteiger partial charge in [0.15, 0.2) is 0 Å². The van der Waals surface area contributed by atoms with Crippen molar-refractivity contribution in [2.45, 2.75) is 30.2 Å². The molecule has 0 saturated carbocycles. The van der Waals surface area contributed by atoms with Gasteiger partial charge in [0.05, 0.1) is 22.0 Å². The van der Waals surface area contributed by atoms with Gasteiger partial charge in [0.25, 0.3) is 22.4 Å². The molecule has 6 nitrogen and oxygen atoms in total. The van der Waals surface area contributed by atoms with E-state index in [1.807, 2.05) is 0 Å². The topological polar surface area (TPSA) is 78.5 Å².